The number of anilines is 1. The fourth-order valence-corrected chi connectivity index (χ4v) is 3.68. The highest BCUT2D eigenvalue weighted by Crippen LogP contribution is 2.34. The number of nitrogens with zero attached hydrogens (tertiary/aromatic N) is 1. The molecule has 0 spiro atoms. The van der Waals surface area contributed by atoms with E-state index in [0.29, 0.717) is 28.1 Å². The Bertz CT molecular complexity index is 963. The Morgan fingerprint density at radius 1 is 1.16 bits per heavy atom. The maximum atomic E-state index is 13.1. The van der Waals surface area contributed by atoms with E-state index in [4.69, 9.17) is 9.47 Å². The van der Waals surface area contributed by atoms with Crippen molar-refractivity contribution >= 4 is 39.4 Å². The molecule has 0 radical (unpaired) electrons. The number of methoxy groups -OCH3 is 2. The summed E-state index contributed by atoms with van der Waals surface area (Å²) >= 11 is 3.40. The molecular weight excluding hydrogens is 468 g/mol. The molecule has 1 heterocycles. The zero-order chi connectivity index (χ0) is 22.4. The van der Waals surface area contributed by atoms with Gasteiger partial charge in [-0.2, -0.15) is 0 Å². The van der Waals surface area contributed by atoms with Gasteiger partial charge in [0.25, 0.3) is 5.91 Å². The monoisotopic (exact) mass is 490 g/mol. The number of likely N-dealkylation sites (tertiary alicyclic amines) is 1. The molecule has 0 saturated carbocycles. The van der Waals surface area contributed by atoms with Crippen molar-refractivity contribution in [1.82, 2.24) is 4.90 Å². The molecule has 2 amide bonds. The van der Waals surface area contributed by atoms with Gasteiger partial charge in [0.2, 0.25) is 5.91 Å². The van der Waals surface area contributed by atoms with Crippen molar-refractivity contribution in [3.8, 4) is 11.5 Å². The summed E-state index contributed by atoms with van der Waals surface area (Å²) in [5.41, 5.74) is 1.36. The van der Waals surface area contributed by atoms with Gasteiger partial charge in [0.05, 0.1) is 30.9 Å². The minimum Gasteiger partial charge on any atom is -0.497 e. The van der Waals surface area contributed by atoms with E-state index in [9.17, 15) is 14.4 Å². The number of benzene rings is 2. The van der Waals surface area contributed by atoms with Gasteiger partial charge in [-0.25, -0.2) is 4.79 Å². The Morgan fingerprint density at radius 3 is 2.58 bits per heavy atom. The summed E-state index contributed by atoms with van der Waals surface area (Å²) in [5, 5.41) is 3.17. The smallest absolute Gasteiger partial charge is 0.343 e. The summed E-state index contributed by atoms with van der Waals surface area (Å²) < 4.78 is 16.0. The lowest BCUT2D eigenvalue weighted by Gasteiger charge is -2.32. The molecule has 3 rings (SSSR count). The molecule has 1 unspecified atom stereocenters. The molecule has 1 saturated heterocycles. The van der Waals surface area contributed by atoms with Gasteiger partial charge in [-0.3, -0.25) is 14.5 Å². The average molecular weight is 491 g/mol. The SMILES string of the molecule is COC(=O)COc1c(Br)cccc1NC1CCC(=O)N(Cc2ccc(OC)cc2)C1=O. The number of hydrogen-bond donors (Lipinski definition) is 1. The molecule has 0 bridgehead atoms. The lowest BCUT2D eigenvalue weighted by molar-refractivity contribution is -0.149. The number of imide groups is 1. The van der Waals surface area contributed by atoms with Crippen LogP contribution < -0.4 is 14.8 Å². The Balaban J connectivity index is 1.74. The van der Waals surface area contributed by atoms with Gasteiger partial charge in [0.15, 0.2) is 12.4 Å². The molecule has 1 atom stereocenters. The zero-order valence-corrected chi connectivity index (χ0v) is 18.8. The number of halogens is 1. The number of ether oxygens (including phenoxy) is 3. The largest absolute Gasteiger partial charge is 0.497 e. The second-order valence-corrected chi connectivity index (χ2v) is 7.74. The van der Waals surface area contributed by atoms with Crippen molar-refractivity contribution in [2.24, 2.45) is 0 Å². The first kappa shape index (κ1) is 22.6. The molecule has 1 aliphatic heterocycles. The Labute approximate surface area is 188 Å². The topological polar surface area (TPSA) is 94.2 Å². The third-order valence-corrected chi connectivity index (χ3v) is 5.49. The summed E-state index contributed by atoms with van der Waals surface area (Å²) in [6.07, 6.45) is 0.603. The molecular formula is C22H23BrN2O6. The second kappa shape index (κ2) is 10.3. The van der Waals surface area contributed by atoms with Crippen molar-refractivity contribution in [2.45, 2.75) is 25.4 Å². The Kier molecular flexibility index (Phi) is 7.51. The number of esters is 1. The minimum atomic E-state index is -0.606. The molecule has 8 nitrogen and oxygen atoms in total. The molecule has 31 heavy (non-hydrogen) atoms. The van der Waals surface area contributed by atoms with E-state index in [1.165, 1.54) is 12.0 Å². The van der Waals surface area contributed by atoms with Crippen molar-refractivity contribution in [3.63, 3.8) is 0 Å². The predicted molar refractivity (Wildman–Crippen MR) is 117 cm³/mol. The van der Waals surface area contributed by atoms with Gasteiger partial charge in [-0.05, 0) is 52.2 Å². The summed E-state index contributed by atoms with van der Waals surface area (Å²) in [4.78, 5) is 38.2. The summed E-state index contributed by atoms with van der Waals surface area (Å²) in [5.74, 6) is 0.0426. The van der Waals surface area contributed by atoms with Crippen LogP contribution in [0.4, 0.5) is 5.69 Å². The molecule has 2 aromatic rings. The van der Waals surface area contributed by atoms with E-state index in [1.807, 2.05) is 12.1 Å². The highest BCUT2D eigenvalue weighted by Gasteiger charge is 2.34. The highest BCUT2D eigenvalue weighted by atomic mass is 79.9. The number of amides is 2. The fraction of sp³-hybridized carbons (Fsp3) is 0.318. The quantitative estimate of drug-likeness (QED) is 0.448. The van der Waals surface area contributed by atoms with E-state index in [-0.39, 0.29) is 31.4 Å². The number of carbonyl (C=O) groups excluding carboxylic acids is 3. The third-order valence-electron chi connectivity index (χ3n) is 4.87. The van der Waals surface area contributed by atoms with Gasteiger partial charge in [0.1, 0.15) is 11.8 Å². The summed E-state index contributed by atoms with van der Waals surface area (Å²) in [7, 11) is 2.86. The van der Waals surface area contributed by atoms with Crippen molar-refractivity contribution in [3.05, 3.63) is 52.5 Å². The lowest BCUT2D eigenvalue weighted by Crippen LogP contribution is -2.50. The molecule has 0 aliphatic carbocycles. The summed E-state index contributed by atoms with van der Waals surface area (Å²) in [6.45, 7) is -0.0848. The van der Waals surface area contributed by atoms with Crippen LogP contribution in [0.5, 0.6) is 11.5 Å². The second-order valence-electron chi connectivity index (χ2n) is 6.88. The number of nitrogens with one attached hydrogen (secondary N) is 1. The number of para-hydroxylation sites is 1. The minimum absolute atomic E-state index is 0.185. The predicted octanol–water partition coefficient (Wildman–Crippen LogP) is 3.14. The average Bonchev–Trinajstić information content (AvgIpc) is 2.78. The van der Waals surface area contributed by atoms with E-state index in [0.717, 1.165) is 5.56 Å². The van der Waals surface area contributed by atoms with Crippen LogP contribution in [-0.2, 0) is 25.7 Å². The molecule has 1 fully saturated rings. The number of piperidine rings is 1. The van der Waals surface area contributed by atoms with Crippen LogP contribution in [0.15, 0.2) is 46.9 Å². The van der Waals surface area contributed by atoms with Crippen LogP contribution in [0.25, 0.3) is 0 Å². The molecule has 1 aliphatic rings. The lowest BCUT2D eigenvalue weighted by atomic mass is 10.0. The van der Waals surface area contributed by atoms with Crippen LogP contribution in [0.3, 0.4) is 0 Å². The summed E-state index contributed by atoms with van der Waals surface area (Å²) in [6, 6.07) is 11.9. The Hall–Kier alpha value is -3.07. The first-order valence-electron chi connectivity index (χ1n) is 9.64. The third kappa shape index (κ3) is 5.55. The molecule has 9 heteroatoms. The van der Waals surface area contributed by atoms with E-state index in [2.05, 4.69) is 26.0 Å². The van der Waals surface area contributed by atoms with Gasteiger partial charge >= 0.3 is 5.97 Å². The van der Waals surface area contributed by atoms with Crippen LogP contribution in [0.2, 0.25) is 0 Å². The maximum Gasteiger partial charge on any atom is 0.343 e. The number of hydrogen-bond acceptors (Lipinski definition) is 7. The maximum absolute atomic E-state index is 13.1. The molecule has 0 aromatic heterocycles. The number of rotatable bonds is 8. The molecule has 2 aromatic carbocycles. The zero-order valence-electron chi connectivity index (χ0n) is 17.2. The van der Waals surface area contributed by atoms with Gasteiger partial charge < -0.3 is 19.5 Å². The highest BCUT2D eigenvalue weighted by molar-refractivity contribution is 9.10. The first-order valence-corrected chi connectivity index (χ1v) is 10.4. The fourth-order valence-electron chi connectivity index (χ4n) is 3.20. The normalized spacial score (nSPS) is 16.1. The van der Waals surface area contributed by atoms with Crippen LogP contribution in [0.1, 0.15) is 18.4 Å². The van der Waals surface area contributed by atoms with E-state index in [1.54, 1.807) is 37.4 Å². The van der Waals surface area contributed by atoms with Gasteiger partial charge in [-0.1, -0.05) is 18.2 Å². The van der Waals surface area contributed by atoms with Crippen LogP contribution in [-0.4, -0.2) is 49.6 Å². The molecule has 164 valence electrons. The van der Waals surface area contributed by atoms with Gasteiger partial charge in [0, 0.05) is 6.42 Å². The molecule has 1 N–H and O–H groups in total. The van der Waals surface area contributed by atoms with Crippen LogP contribution in [0, 0.1) is 0 Å². The van der Waals surface area contributed by atoms with Crippen molar-refractivity contribution < 1.29 is 28.6 Å². The van der Waals surface area contributed by atoms with Crippen LogP contribution >= 0.6 is 15.9 Å². The van der Waals surface area contributed by atoms with Crippen molar-refractivity contribution in [2.75, 3.05) is 26.1 Å². The Morgan fingerprint density at radius 2 is 1.90 bits per heavy atom. The number of carbonyl (C=O) groups is 3. The van der Waals surface area contributed by atoms with E-state index < -0.39 is 12.0 Å². The van der Waals surface area contributed by atoms with Gasteiger partial charge in [-0.15, -0.1) is 0 Å². The standard InChI is InChI=1S/C22H23BrN2O6/c1-29-15-8-6-14(7-9-15)12-25-19(26)11-10-18(22(25)28)24-17-5-3-4-16(23)21(17)31-13-20(27)30-2/h3-9,18,24H,10-13H2,1-2H3. The van der Waals surface area contributed by atoms with Crippen molar-refractivity contribution in [1.29, 1.82) is 0 Å². The first-order chi connectivity index (χ1) is 14.9. The van der Waals surface area contributed by atoms with E-state index >= 15 is 0 Å².